The number of Topliss-reactive ketones (excluding diaryl/α,β-unsaturated/α-hetero) is 1. The molecule has 0 amide bonds. The number of rotatable bonds is 10. The summed E-state index contributed by atoms with van der Waals surface area (Å²) >= 11 is 0. The lowest BCUT2D eigenvalue weighted by Gasteiger charge is -2.48. The highest BCUT2D eigenvalue weighted by Gasteiger charge is 2.73. The molecule has 0 aromatic carbocycles. The summed E-state index contributed by atoms with van der Waals surface area (Å²) in [4.78, 5) is 12.9. The van der Waals surface area contributed by atoms with E-state index in [0.29, 0.717) is 32.1 Å². The molecule has 0 heterocycles. The molecule has 0 aliphatic heterocycles. The minimum Gasteiger partial charge on any atom is -0.413 e. The predicted molar refractivity (Wildman–Crippen MR) is 155 cm³/mol. The molecule has 11 heteroatoms. The molecule has 2 aliphatic rings. The van der Waals surface area contributed by atoms with E-state index in [0.717, 1.165) is 0 Å². The molecule has 4 atom stereocenters. The van der Waals surface area contributed by atoms with Gasteiger partial charge in [-0.05, 0) is 114 Å². The fourth-order valence-electron chi connectivity index (χ4n) is 7.05. The Bertz CT molecular complexity index is 1170. The number of alkyl halides is 6. The van der Waals surface area contributed by atoms with Crippen molar-refractivity contribution in [3.63, 3.8) is 0 Å². The molecule has 41 heavy (non-hydrogen) atoms. The van der Waals surface area contributed by atoms with Crippen molar-refractivity contribution in [1.29, 1.82) is 0 Å². The van der Waals surface area contributed by atoms with Crippen LogP contribution in [0.15, 0.2) is 0 Å². The first-order valence-corrected chi connectivity index (χ1v) is 21.1. The average Bonchev–Trinajstić information content (AvgIpc) is 3.17. The van der Waals surface area contributed by atoms with Gasteiger partial charge in [-0.1, -0.05) is 26.2 Å². The van der Waals surface area contributed by atoms with Crippen LogP contribution in [-0.2, 0) is 13.6 Å². The molecule has 0 N–H and O–H groups in total. The lowest BCUT2D eigenvalue weighted by atomic mass is 9.56. The molecular weight excluding hydrogens is 578 g/mol. The number of hydrogen-bond acceptors (Lipinski definition) is 3. The van der Waals surface area contributed by atoms with E-state index in [9.17, 15) is 31.1 Å². The summed E-state index contributed by atoms with van der Waals surface area (Å²) in [6.45, 7) is 6.07. The Kier molecular flexibility index (Phi) is 8.05. The first kappa shape index (κ1) is 27.7. The SMILES string of the molecule is [2H]C([2H])([2H])C(CCC[C@@](C)(CC#CC(O[Si](C)(C)C)(C(F)(F)F)C(F)(F)F)[C@H]1CC[C@H]2C(=O)CCC[C@]12C)(O[Si](C)(C)C)C([2H])([2H])[2H]. The summed E-state index contributed by atoms with van der Waals surface area (Å²) in [6, 6.07) is 0. The van der Waals surface area contributed by atoms with Crippen LogP contribution in [0.2, 0.25) is 39.3 Å². The monoisotopic (exact) mass is 634 g/mol. The molecular formula is C30H50F6O3Si2. The molecule has 0 radical (unpaired) electrons. The van der Waals surface area contributed by atoms with Gasteiger partial charge in [0, 0.05) is 27.0 Å². The van der Waals surface area contributed by atoms with E-state index in [1.165, 1.54) is 25.6 Å². The highest BCUT2D eigenvalue weighted by molar-refractivity contribution is 6.70. The highest BCUT2D eigenvalue weighted by atomic mass is 28.4. The third kappa shape index (κ3) is 8.63. The van der Waals surface area contributed by atoms with Crippen LogP contribution in [0.1, 0.15) is 93.6 Å². The zero-order valence-electron chi connectivity index (χ0n) is 31.5. The fraction of sp³-hybridized carbons (Fsp3) is 0.900. The Morgan fingerprint density at radius 1 is 0.951 bits per heavy atom. The Morgan fingerprint density at radius 3 is 2.00 bits per heavy atom. The molecule has 0 saturated heterocycles. The van der Waals surface area contributed by atoms with E-state index >= 15 is 0 Å². The van der Waals surface area contributed by atoms with E-state index in [1.54, 1.807) is 26.6 Å². The van der Waals surface area contributed by atoms with Crippen molar-refractivity contribution in [3.8, 4) is 11.8 Å². The van der Waals surface area contributed by atoms with Crippen molar-refractivity contribution in [2.24, 2.45) is 22.7 Å². The quantitative estimate of drug-likeness (QED) is 0.136. The molecule has 238 valence electrons. The second kappa shape index (κ2) is 11.9. The minimum atomic E-state index is -5.90. The standard InChI is InChI=1S/C30H50F6O3Si2/c1-25(2,38-40(5,6)7)17-12-18-26(3,24-16-15-22-23(37)14-11-20-27(22,24)4)19-13-21-28(29(31,32)33,30(34,35)36)39-41(8,9)10/h22,24H,11-12,14-20H2,1-10H3/t22-,24+,26-,27-/m0/s1/i1D3,2D3. The van der Waals surface area contributed by atoms with Gasteiger partial charge >= 0.3 is 18.0 Å². The van der Waals surface area contributed by atoms with Crippen LogP contribution in [0.25, 0.3) is 0 Å². The fourth-order valence-corrected chi connectivity index (χ4v) is 9.40. The molecule has 0 bridgehead atoms. The molecule has 0 unspecified atom stereocenters. The van der Waals surface area contributed by atoms with E-state index in [1.807, 2.05) is 6.92 Å². The van der Waals surface area contributed by atoms with Gasteiger partial charge in [0.15, 0.2) is 16.6 Å². The second-order valence-corrected chi connectivity index (χ2v) is 23.3. The zero-order valence-corrected chi connectivity index (χ0v) is 27.5. The molecule has 2 saturated carbocycles. The number of halogens is 6. The van der Waals surface area contributed by atoms with Crippen molar-refractivity contribution in [2.75, 3.05) is 0 Å². The Hall–Kier alpha value is -0.836. The zero-order chi connectivity index (χ0) is 36.9. The summed E-state index contributed by atoms with van der Waals surface area (Å²) in [5.41, 5.74) is -8.96. The first-order chi connectivity index (χ1) is 20.7. The lowest BCUT2D eigenvalue weighted by Crippen LogP contribution is -2.61. The number of fused-ring (bicyclic) bond motifs is 1. The molecule has 0 aromatic rings. The molecule has 3 nitrogen and oxygen atoms in total. The summed E-state index contributed by atoms with van der Waals surface area (Å²) in [6.07, 6.45) is -10.2. The minimum absolute atomic E-state index is 0.0335. The maximum atomic E-state index is 14.3. The van der Waals surface area contributed by atoms with Gasteiger partial charge in [0.1, 0.15) is 5.78 Å². The van der Waals surface area contributed by atoms with E-state index in [2.05, 4.69) is 5.92 Å². The van der Waals surface area contributed by atoms with Crippen LogP contribution in [0.5, 0.6) is 0 Å². The normalized spacial score (nSPS) is 29.1. The smallest absolute Gasteiger partial charge is 0.413 e. The Morgan fingerprint density at radius 2 is 1.51 bits per heavy atom. The molecule has 0 spiro atoms. The average molecular weight is 635 g/mol. The molecule has 0 aromatic heterocycles. The largest absolute Gasteiger partial charge is 0.437 e. The van der Waals surface area contributed by atoms with Crippen LogP contribution in [-0.4, -0.2) is 46.0 Å². The van der Waals surface area contributed by atoms with Gasteiger partial charge in [-0.3, -0.25) is 4.79 Å². The van der Waals surface area contributed by atoms with E-state index in [4.69, 9.17) is 17.1 Å². The van der Waals surface area contributed by atoms with Crippen molar-refractivity contribution >= 4 is 22.4 Å². The molecule has 2 aliphatic carbocycles. The third-order valence-corrected chi connectivity index (χ3v) is 10.4. The second-order valence-electron chi connectivity index (χ2n) is 14.4. The Labute approximate surface area is 253 Å². The van der Waals surface area contributed by atoms with Crippen molar-refractivity contribution in [2.45, 2.75) is 148 Å². The van der Waals surface area contributed by atoms with Crippen LogP contribution < -0.4 is 0 Å². The third-order valence-electron chi connectivity index (χ3n) is 8.48. The summed E-state index contributed by atoms with van der Waals surface area (Å²) in [5.74, 6) is 3.08. The number of carbonyl (C=O) groups is 1. The van der Waals surface area contributed by atoms with Crippen molar-refractivity contribution in [1.82, 2.24) is 0 Å². The van der Waals surface area contributed by atoms with Crippen molar-refractivity contribution < 1.29 is 48.2 Å². The number of carbonyl (C=O) groups excluding carboxylic acids is 1. The summed E-state index contributed by atoms with van der Waals surface area (Å²) in [7, 11) is -6.25. The van der Waals surface area contributed by atoms with Crippen LogP contribution in [0, 0.1) is 34.5 Å². The molecule has 2 rings (SSSR count). The van der Waals surface area contributed by atoms with Crippen LogP contribution >= 0.6 is 0 Å². The van der Waals surface area contributed by atoms with E-state index in [-0.39, 0.29) is 30.5 Å². The topological polar surface area (TPSA) is 35.5 Å². The van der Waals surface area contributed by atoms with Gasteiger partial charge in [0.25, 0.3) is 0 Å². The number of ketones is 1. The maximum absolute atomic E-state index is 14.3. The van der Waals surface area contributed by atoms with Crippen molar-refractivity contribution in [3.05, 3.63) is 0 Å². The molecule has 2 fully saturated rings. The van der Waals surface area contributed by atoms with Gasteiger partial charge in [0.05, 0.1) is 5.60 Å². The van der Waals surface area contributed by atoms with Crippen LogP contribution in [0.4, 0.5) is 26.3 Å². The Balaban J connectivity index is 2.68. The van der Waals surface area contributed by atoms with Gasteiger partial charge < -0.3 is 8.85 Å². The highest BCUT2D eigenvalue weighted by Crippen LogP contribution is 2.61. The van der Waals surface area contributed by atoms with Crippen LogP contribution in [0.3, 0.4) is 0 Å². The predicted octanol–water partition coefficient (Wildman–Crippen LogP) is 9.69. The maximum Gasteiger partial charge on any atom is 0.437 e. The van der Waals surface area contributed by atoms with Gasteiger partial charge in [-0.15, -0.1) is 0 Å². The summed E-state index contributed by atoms with van der Waals surface area (Å²) in [5, 5.41) is 0. The number of hydrogen-bond donors (Lipinski definition) is 0. The van der Waals surface area contributed by atoms with Gasteiger partial charge in [0.2, 0.25) is 0 Å². The summed E-state index contributed by atoms with van der Waals surface area (Å²) < 4.78 is 146. The first-order valence-electron chi connectivity index (χ1n) is 17.2. The van der Waals surface area contributed by atoms with Gasteiger partial charge in [-0.25, -0.2) is 0 Å². The van der Waals surface area contributed by atoms with E-state index < -0.39 is 77.6 Å². The van der Waals surface area contributed by atoms with Gasteiger partial charge in [-0.2, -0.15) is 26.3 Å². The lowest BCUT2D eigenvalue weighted by molar-refractivity contribution is -0.336.